The van der Waals surface area contributed by atoms with Crippen LogP contribution in [0.3, 0.4) is 0 Å². The Morgan fingerprint density at radius 1 is 1.00 bits per heavy atom. The van der Waals surface area contributed by atoms with Crippen molar-refractivity contribution in [2.24, 2.45) is 0 Å². The number of carbonyl (C=O) groups excluding carboxylic acids is 3. The maximum Gasteiger partial charge on any atom is 0.308 e. The number of esters is 1. The highest BCUT2D eigenvalue weighted by Crippen LogP contribution is 2.27. The fourth-order valence-corrected chi connectivity index (χ4v) is 3.87. The van der Waals surface area contributed by atoms with Gasteiger partial charge < -0.3 is 20.1 Å². The fraction of sp³-hybridized carbons (Fsp3) is 0.192. The monoisotopic (exact) mass is 558 g/mol. The van der Waals surface area contributed by atoms with Crippen molar-refractivity contribution in [2.75, 3.05) is 11.9 Å². The van der Waals surface area contributed by atoms with E-state index in [-0.39, 0.29) is 24.8 Å². The minimum absolute atomic E-state index is 0.140. The second-order valence-electron chi connectivity index (χ2n) is 7.58. The van der Waals surface area contributed by atoms with Crippen LogP contribution in [0.15, 0.2) is 71.2 Å². The van der Waals surface area contributed by atoms with Crippen LogP contribution in [-0.4, -0.2) is 24.4 Å². The van der Waals surface area contributed by atoms with Gasteiger partial charge in [0.05, 0.1) is 11.6 Å². The van der Waals surface area contributed by atoms with Crippen LogP contribution in [-0.2, 0) is 16.1 Å². The summed E-state index contributed by atoms with van der Waals surface area (Å²) >= 11 is 9.46. The van der Waals surface area contributed by atoms with E-state index in [0.717, 1.165) is 10.0 Å². The van der Waals surface area contributed by atoms with E-state index >= 15 is 0 Å². The van der Waals surface area contributed by atoms with Crippen molar-refractivity contribution < 1.29 is 23.9 Å². The molecule has 0 aromatic heterocycles. The van der Waals surface area contributed by atoms with Crippen LogP contribution in [0.25, 0.3) is 0 Å². The Hall–Kier alpha value is -3.36. The predicted molar refractivity (Wildman–Crippen MR) is 138 cm³/mol. The lowest BCUT2D eigenvalue weighted by molar-refractivity contribution is -0.131. The number of rotatable bonds is 10. The molecule has 2 N–H and O–H groups in total. The van der Waals surface area contributed by atoms with E-state index in [2.05, 4.69) is 26.6 Å². The lowest BCUT2D eigenvalue weighted by Gasteiger charge is -2.10. The molecule has 0 spiro atoms. The van der Waals surface area contributed by atoms with Crippen LogP contribution in [0.4, 0.5) is 5.69 Å². The summed E-state index contributed by atoms with van der Waals surface area (Å²) in [6, 6.07) is 19.0. The Kier molecular flexibility index (Phi) is 9.69. The van der Waals surface area contributed by atoms with Gasteiger partial charge in [-0.25, -0.2) is 0 Å². The topological polar surface area (TPSA) is 93.7 Å². The lowest BCUT2D eigenvalue weighted by atomic mass is 10.1. The molecule has 0 aliphatic carbocycles. The molecule has 0 unspecified atom stereocenters. The molecule has 0 saturated heterocycles. The molecule has 0 atom stereocenters. The molecule has 0 heterocycles. The third-order valence-electron chi connectivity index (χ3n) is 4.72. The molecule has 0 fully saturated rings. The minimum atomic E-state index is -0.456. The van der Waals surface area contributed by atoms with Crippen molar-refractivity contribution in [1.82, 2.24) is 5.32 Å². The Morgan fingerprint density at radius 3 is 2.57 bits per heavy atom. The summed E-state index contributed by atoms with van der Waals surface area (Å²) in [6.45, 7) is 1.92. The summed E-state index contributed by atoms with van der Waals surface area (Å²) in [7, 11) is 0. The smallest absolute Gasteiger partial charge is 0.308 e. The van der Waals surface area contributed by atoms with Crippen LogP contribution in [0, 0.1) is 0 Å². The molecular weight excluding hydrogens is 536 g/mol. The van der Waals surface area contributed by atoms with E-state index in [9.17, 15) is 14.4 Å². The Balaban J connectivity index is 1.45. The first-order chi connectivity index (χ1) is 16.8. The lowest BCUT2D eigenvalue weighted by Crippen LogP contribution is -2.23. The van der Waals surface area contributed by atoms with Gasteiger partial charge in [0.15, 0.2) is 0 Å². The SMILES string of the molecule is CC(=O)Oc1cccc(C(=O)NCc2cccc(NC(=O)CCCOc3ccc(Br)cc3Cl)c2)c1. The highest BCUT2D eigenvalue weighted by Gasteiger charge is 2.09. The highest BCUT2D eigenvalue weighted by molar-refractivity contribution is 9.10. The first kappa shape index (κ1) is 26.2. The zero-order valence-electron chi connectivity index (χ0n) is 19.0. The summed E-state index contributed by atoms with van der Waals surface area (Å²) < 4.78 is 11.5. The van der Waals surface area contributed by atoms with Crippen molar-refractivity contribution in [3.05, 3.63) is 87.4 Å². The quantitative estimate of drug-likeness (QED) is 0.187. The molecule has 0 saturated carbocycles. The van der Waals surface area contributed by atoms with Gasteiger partial charge in [-0.2, -0.15) is 0 Å². The molecule has 0 aliphatic heterocycles. The Labute approximate surface area is 216 Å². The summed E-state index contributed by atoms with van der Waals surface area (Å²) in [5.41, 5.74) is 1.83. The first-order valence-electron chi connectivity index (χ1n) is 10.8. The number of hydrogen-bond donors (Lipinski definition) is 2. The molecule has 0 bridgehead atoms. The van der Waals surface area contributed by atoms with Gasteiger partial charge in [0.25, 0.3) is 5.91 Å². The van der Waals surface area contributed by atoms with Gasteiger partial charge in [-0.3, -0.25) is 14.4 Å². The minimum Gasteiger partial charge on any atom is -0.492 e. The average Bonchev–Trinajstić information content (AvgIpc) is 2.81. The number of benzene rings is 3. The number of carbonyl (C=O) groups is 3. The second kappa shape index (κ2) is 12.9. The van der Waals surface area contributed by atoms with Crippen LogP contribution in [0.2, 0.25) is 5.02 Å². The number of anilines is 1. The van der Waals surface area contributed by atoms with E-state index < -0.39 is 5.97 Å². The van der Waals surface area contributed by atoms with Crippen LogP contribution < -0.4 is 20.1 Å². The summed E-state index contributed by atoms with van der Waals surface area (Å²) in [6.07, 6.45) is 0.814. The molecule has 0 aliphatic rings. The van der Waals surface area contributed by atoms with E-state index in [1.807, 2.05) is 12.1 Å². The van der Waals surface area contributed by atoms with Crippen molar-refractivity contribution in [3.8, 4) is 11.5 Å². The van der Waals surface area contributed by atoms with Gasteiger partial charge in [-0.15, -0.1) is 0 Å². The molecule has 3 aromatic rings. The fourth-order valence-electron chi connectivity index (χ4n) is 3.14. The van der Waals surface area contributed by atoms with Gasteiger partial charge in [-0.1, -0.05) is 45.7 Å². The zero-order chi connectivity index (χ0) is 25.2. The Morgan fingerprint density at radius 2 is 1.80 bits per heavy atom. The molecule has 3 aromatic carbocycles. The number of ether oxygens (including phenoxy) is 2. The second-order valence-corrected chi connectivity index (χ2v) is 8.90. The van der Waals surface area contributed by atoms with E-state index in [4.69, 9.17) is 21.1 Å². The summed E-state index contributed by atoms with van der Waals surface area (Å²) in [4.78, 5) is 35.9. The molecule has 9 heteroatoms. The number of nitrogens with one attached hydrogen (secondary N) is 2. The summed E-state index contributed by atoms with van der Waals surface area (Å²) in [5, 5.41) is 6.18. The number of halogens is 2. The normalized spacial score (nSPS) is 10.4. The van der Waals surface area contributed by atoms with Gasteiger partial charge >= 0.3 is 5.97 Å². The molecular formula is C26H24BrClN2O5. The third-order valence-corrected chi connectivity index (χ3v) is 5.51. The van der Waals surface area contributed by atoms with Crippen molar-refractivity contribution >= 4 is 51.0 Å². The van der Waals surface area contributed by atoms with Crippen molar-refractivity contribution in [3.63, 3.8) is 0 Å². The van der Waals surface area contributed by atoms with Gasteiger partial charge in [0.1, 0.15) is 11.5 Å². The maximum atomic E-state index is 12.5. The largest absolute Gasteiger partial charge is 0.492 e. The zero-order valence-corrected chi connectivity index (χ0v) is 21.3. The highest BCUT2D eigenvalue weighted by atomic mass is 79.9. The van der Waals surface area contributed by atoms with E-state index in [1.165, 1.54) is 13.0 Å². The number of hydrogen-bond acceptors (Lipinski definition) is 5. The van der Waals surface area contributed by atoms with Crippen LogP contribution in [0.5, 0.6) is 11.5 Å². The molecule has 7 nitrogen and oxygen atoms in total. The van der Waals surface area contributed by atoms with Crippen LogP contribution in [0.1, 0.15) is 35.7 Å². The molecule has 35 heavy (non-hydrogen) atoms. The molecule has 182 valence electrons. The average molecular weight is 560 g/mol. The molecule has 0 radical (unpaired) electrons. The van der Waals surface area contributed by atoms with Crippen LogP contribution >= 0.6 is 27.5 Å². The molecule has 3 rings (SSSR count). The number of amides is 2. The van der Waals surface area contributed by atoms with Crippen molar-refractivity contribution in [1.29, 1.82) is 0 Å². The van der Waals surface area contributed by atoms with Crippen molar-refractivity contribution in [2.45, 2.75) is 26.3 Å². The Bertz CT molecular complexity index is 1220. The maximum absolute atomic E-state index is 12.5. The summed E-state index contributed by atoms with van der Waals surface area (Å²) in [5.74, 6) is -0.0236. The van der Waals surface area contributed by atoms with Gasteiger partial charge in [-0.05, 0) is 60.5 Å². The van der Waals surface area contributed by atoms with E-state index in [1.54, 1.807) is 48.5 Å². The van der Waals surface area contributed by atoms with Gasteiger partial charge in [0.2, 0.25) is 5.91 Å². The standard InChI is InChI=1S/C26H24BrClN2O5/c1-17(31)35-22-8-3-6-19(14-22)26(33)29-16-18-5-2-7-21(13-18)30-25(32)9-4-12-34-24-11-10-20(27)15-23(24)28/h2-3,5-8,10-11,13-15H,4,9,12,16H2,1H3,(H,29,33)(H,30,32). The predicted octanol–water partition coefficient (Wildman–Crippen LogP) is 5.76. The van der Waals surface area contributed by atoms with Gasteiger partial charge in [0, 0.05) is 35.6 Å². The third kappa shape index (κ3) is 8.73. The first-order valence-corrected chi connectivity index (χ1v) is 12.0. The molecule has 2 amide bonds. The van der Waals surface area contributed by atoms with E-state index in [0.29, 0.717) is 40.8 Å².